The molecule has 0 atom stereocenters. The molecule has 0 radical (unpaired) electrons. The van der Waals surface area contributed by atoms with Gasteiger partial charge in [-0.25, -0.2) is 9.37 Å². The molecular weight excluding hydrogens is 257 g/mol. The van der Waals surface area contributed by atoms with E-state index in [1.54, 1.807) is 37.4 Å². The molecule has 0 spiro atoms. The van der Waals surface area contributed by atoms with E-state index in [-0.39, 0.29) is 11.6 Å². The first-order valence-electron chi connectivity index (χ1n) is 6.11. The minimum Gasteiger partial charge on any atom is -0.507 e. The molecule has 0 amide bonds. The highest BCUT2D eigenvalue weighted by Gasteiger charge is 2.08. The van der Waals surface area contributed by atoms with Crippen LogP contribution in [0.5, 0.6) is 11.5 Å². The quantitative estimate of drug-likeness (QED) is 0.770. The van der Waals surface area contributed by atoms with E-state index in [0.717, 1.165) is 0 Å². The van der Waals surface area contributed by atoms with Crippen molar-refractivity contribution >= 4 is 10.9 Å². The van der Waals surface area contributed by atoms with Crippen LogP contribution >= 0.6 is 0 Å². The molecule has 2 aromatic carbocycles. The number of hydrogen-bond donors (Lipinski definition) is 1. The lowest BCUT2D eigenvalue weighted by Gasteiger charge is -2.07. The van der Waals surface area contributed by atoms with Crippen molar-refractivity contribution < 1.29 is 14.2 Å². The number of halogens is 1. The van der Waals surface area contributed by atoms with Crippen LogP contribution in [-0.2, 0) is 0 Å². The standard InChI is InChI=1S/C16H12FNO2/c1-20-12-5-6-13-15(8-12)18-14(9-16(13)19)10-3-2-4-11(17)7-10/h2-9H,1H3,(H,18,19). The SMILES string of the molecule is COc1ccc2c(O)cc(-c3cccc(F)c3)nc2c1. The molecule has 100 valence electrons. The summed E-state index contributed by atoms with van der Waals surface area (Å²) in [6, 6.07) is 12.9. The Labute approximate surface area is 115 Å². The summed E-state index contributed by atoms with van der Waals surface area (Å²) in [6.07, 6.45) is 0. The fourth-order valence-electron chi connectivity index (χ4n) is 2.11. The van der Waals surface area contributed by atoms with Crippen molar-refractivity contribution in [2.45, 2.75) is 0 Å². The number of pyridine rings is 1. The van der Waals surface area contributed by atoms with Crippen LogP contribution in [0.15, 0.2) is 48.5 Å². The molecule has 3 nitrogen and oxygen atoms in total. The Morgan fingerprint density at radius 2 is 1.95 bits per heavy atom. The van der Waals surface area contributed by atoms with Gasteiger partial charge in [-0.2, -0.15) is 0 Å². The van der Waals surface area contributed by atoms with E-state index in [2.05, 4.69) is 4.98 Å². The zero-order valence-electron chi connectivity index (χ0n) is 10.8. The summed E-state index contributed by atoms with van der Waals surface area (Å²) in [4.78, 5) is 4.45. The molecular formula is C16H12FNO2. The number of ether oxygens (including phenoxy) is 1. The molecule has 0 fully saturated rings. The van der Waals surface area contributed by atoms with Crippen LogP contribution in [0.1, 0.15) is 0 Å². The second-order valence-electron chi connectivity index (χ2n) is 4.42. The first-order chi connectivity index (χ1) is 9.67. The summed E-state index contributed by atoms with van der Waals surface area (Å²) in [7, 11) is 1.57. The number of aromatic nitrogens is 1. The highest BCUT2D eigenvalue weighted by Crippen LogP contribution is 2.31. The Hall–Kier alpha value is -2.62. The number of methoxy groups -OCH3 is 1. The summed E-state index contributed by atoms with van der Waals surface area (Å²) in [6.45, 7) is 0. The van der Waals surface area contributed by atoms with Gasteiger partial charge in [0.15, 0.2) is 0 Å². The third-order valence-electron chi connectivity index (χ3n) is 3.12. The zero-order chi connectivity index (χ0) is 14.1. The molecule has 0 aliphatic rings. The van der Waals surface area contributed by atoms with Gasteiger partial charge in [0.25, 0.3) is 0 Å². The topological polar surface area (TPSA) is 42.4 Å². The Morgan fingerprint density at radius 1 is 1.10 bits per heavy atom. The Bertz CT molecular complexity index is 787. The molecule has 1 aromatic heterocycles. The van der Waals surface area contributed by atoms with Crippen molar-refractivity contribution in [1.29, 1.82) is 0 Å². The van der Waals surface area contributed by atoms with Gasteiger partial charge in [-0.1, -0.05) is 12.1 Å². The van der Waals surface area contributed by atoms with Crippen LogP contribution < -0.4 is 4.74 Å². The molecule has 0 bridgehead atoms. The normalized spacial score (nSPS) is 10.7. The van der Waals surface area contributed by atoms with Gasteiger partial charge in [0, 0.05) is 23.1 Å². The summed E-state index contributed by atoms with van der Waals surface area (Å²) >= 11 is 0. The molecule has 0 unspecified atom stereocenters. The largest absolute Gasteiger partial charge is 0.507 e. The summed E-state index contributed by atoms with van der Waals surface area (Å²) in [5.74, 6) is 0.423. The molecule has 3 rings (SSSR count). The lowest BCUT2D eigenvalue weighted by molar-refractivity contribution is 0.415. The molecule has 0 saturated carbocycles. The highest BCUT2D eigenvalue weighted by atomic mass is 19.1. The van der Waals surface area contributed by atoms with E-state index >= 15 is 0 Å². The minimum absolute atomic E-state index is 0.108. The number of fused-ring (bicyclic) bond motifs is 1. The van der Waals surface area contributed by atoms with Gasteiger partial charge in [0.05, 0.1) is 18.3 Å². The fourth-order valence-corrected chi connectivity index (χ4v) is 2.11. The summed E-state index contributed by atoms with van der Waals surface area (Å²) in [5, 5.41) is 10.7. The first-order valence-corrected chi connectivity index (χ1v) is 6.11. The number of aromatic hydroxyl groups is 1. The maximum atomic E-state index is 13.3. The number of nitrogens with zero attached hydrogens (tertiary/aromatic N) is 1. The van der Waals surface area contributed by atoms with Crippen molar-refractivity contribution in [3.05, 3.63) is 54.3 Å². The predicted molar refractivity (Wildman–Crippen MR) is 75.4 cm³/mol. The van der Waals surface area contributed by atoms with Crippen molar-refractivity contribution in [3.8, 4) is 22.8 Å². The fraction of sp³-hybridized carbons (Fsp3) is 0.0625. The van der Waals surface area contributed by atoms with Crippen molar-refractivity contribution in [3.63, 3.8) is 0 Å². The predicted octanol–water partition coefficient (Wildman–Crippen LogP) is 3.76. The van der Waals surface area contributed by atoms with Gasteiger partial charge in [-0.05, 0) is 24.3 Å². The molecule has 0 aliphatic carbocycles. The van der Waals surface area contributed by atoms with Crippen molar-refractivity contribution in [2.75, 3.05) is 7.11 Å². The average molecular weight is 269 g/mol. The molecule has 1 heterocycles. The molecule has 20 heavy (non-hydrogen) atoms. The third-order valence-corrected chi connectivity index (χ3v) is 3.12. The van der Waals surface area contributed by atoms with Gasteiger partial charge in [0.1, 0.15) is 17.3 Å². The van der Waals surface area contributed by atoms with Crippen LogP contribution in [0, 0.1) is 5.82 Å². The van der Waals surface area contributed by atoms with E-state index in [1.807, 2.05) is 0 Å². The van der Waals surface area contributed by atoms with E-state index in [0.29, 0.717) is 27.9 Å². The second-order valence-corrected chi connectivity index (χ2v) is 4.42. The molecule has 4 heteroatoms. The van der Waals surface area contributed by atoms with Gasteiger partial charge < -0.3 is 9.84 Å². The lowest BCUT2D eigenvalue weighted by Crippen LogP contribution is -1.89. The maximum Gasteiger partial charge on any atom is 0.127 e. The summed E-state index contributed by atoms with van der Waals surface area (Å²) in [5.41, 5.74) is 1.73. The number of rotatable bonds is 2. The smallest absolute Gasteiger partial charge is 0.127 e. The van der Waals surface area contributed by atoms with E-state index in [9.17, 15) is 9.50 Å². The van der Waals surface area contributed by atoms with Crippen LogP contribution in [-0.4, -0.2) is 17.2 Å². The Morgan fingerprint density at radius 3 is 2.70 bits per heavy atom. The lowest BCUT2D eigenvalue weighted by atomic mass is 10.1. The van der Waals surface area contributed by atoms with Crippen LogP contribution in [0.2, 0.25) is 0 Å². The van der Waals surface area contributed by atoms with Crippen molar-refractivity contribution in [1.82, 2.24) is 4.98 Å². The molecule has 1 N–H and O–H groups in total. The van der Waals surface area contributed by atoms with Crippen LogP contribution in [0.25, 0.3) is 22.2 Å². The van der Waals surface area contributed by atoms with E-state index in [4.69, 9.17) is 4.74 Å². The van der Waals surface area contributed by atoms with Crippen LogP contribution in [0.4, 0.5) is 4.39 Å². The minimum atomic E-state index is -0.338. The van der Waals surface area contributed by atoms with E-state index < -0.39 is 0 Å². The number of benzene rings is 2. The monoisotopic (exact) mass is 269 g/mol. The maximum absolute atomic E-state index is 13.3. The van der Waals surface area contributed by atoms with Gasteiger partial charge in [-0.3, -0.25) is 0 Å². The summed E-state index contributed by atoms with van der Waals surface area (Å²) < 4.78 is 18.4. The molecule has 3 aromatic rings. The second kappa shape index (κ2) is 4.81. The first kappa shape index (κ1) is 12.4. The third kappa shape index (κ3) is 2.16. The average Bonchev–Trinajstić information content (AvgIpc) is 2.46. The van der Waals surface area contributed by atoms with Gasteiger partial charge in [-0.15, -0.1) is 0 Å². The number of hydrogen-bond acceptors (Lipinski definition) is 3. The van der Waals surface area contributed by atoms with Crippen LogP contribution in [0.3, 0.4) is 0 Å². The van der Waals surface area contributed by atoms with Gasteiger partial charge in [0.2, 0.25) is 0 Å². The zero-order valence-corrected chi connectivity index (χ0v) is 10.8. The highest BCUT2D eigenvalue weighted by molar-refractivity contribution is 5.88. The molecule has 0 aliphatic heterocycles. The molecule has 0 saturated heterocycles. The Balaban J connectivity index is 2.22. The van der Waals surface area contributed by atoms with Gasteiger partial charge >= 0.3 is 0 Å². The van der Waals surface area contributed by atoms with E-state index in [1.165, 1.54) is 18.2 Å². The van der Waals surface area contributed by atoms with Crippen molar-refractivity contribution in [2.24, 2.45) is 0 Å². The Kier molecular flexibility index (Phi) is 2.99.